The lowest BCUT2D eigenvalue weighted by atomic mass is 10.1. The van der Waals surface area contributed by atoms with Crippen molar-refractivity contribution < 1.29 is 14.3 Å². The third-order valence-corrected chi connectivity index (χ3v) is 4.59. The van der Waals surface area contributed by atoms with Gasteiger partial charge in [0.25, 0.3) is 11.7 Å². The molecule has 3 N–H and O–H groups in total. The summed E-state index contributed by atoms with van der Waals surface area (Å²) in [6, 6.07) is 16.0. The molecule has 0 spiro atoms. The summed E-state index contributed by atoms with van der Waals surface area (Å²) in [6.07, 6.45) is 7.07. The number of primary amides is 1. The normalized spacial score (nSPS) is 10.8. The fraction of sp³-hybridized carbons (Fsp3) is 0.273. The molecule has 0 aliphatic heterocycles. The van der Waals surface area contributed by atoms with E-state index in [-0.39, 0.29) is 5.56 Å². The van der Waals surface area contributed by atoms with Crippen LogP contribution in [0.5, 0.6) is 5.75 Å². The Kier molecular flexibility index (Phi) is 6.26. The van der Waals surface area contributed by atoms with E-state index < -0.39 is 11.7 Å². The van der Waals surface area contributed by atoms with E-state index in [2.05, 4.69) is 29.2 Å². The first kappa shape index (κ1) is 18.7. The van der Waals surface area contributed by atoms with Crippen LogP contribution in [-0.4, -0.2) is 23.3 Å². The fourth-order valence-electron chi connectivity index (χ4n) is 3.13. The van der Waals surface area contributed by atoms with E-state index >= 15 is 0 Å². The highest BCUT2D eigenvalue weighted by molar-refractivity contribution is 6.44. The molecule has 0 aliphatic rings. The zero-order valence-electron chi connectivity index (χ0n) is 15.2. The Morgan fingerprint density at radius 1 is 0.963 bits per heavy atom. The molecule has 0 saturated carbocycles. The van der Waals surface area contributed by atoms with Gasteiger partial charge in [-0.25, -0.2) is 0 Å². The molecule has 3 rings (SSSR count). The Labute approximate surface area is 158 Å². The number of rotatable bonds is 10. The first-order valence-electron chi connectivity index (χ1n) is 9.27. The molecular formula is C22H24N2O3. The highest BCUT2D eigenvalue weighted by Crippen LogP contribution is 2.24. The molecule has 27 heavy (non-hydrogen) atoms. The molecule has 0 bridgehead atoms. The van der Waals surface area contributed by atoms with Crippen molar-refractivity contribution in [1.82, 2.24) is 4.98 Å². The van der Waals surface area contributed by atoms with Crippen LogP contribution in [0.15, 0.2) is 54.7 Å². The average Bonchev–Trinajstić information content (AvgIpc) is 3.10. The number of carbonyl (C=O) groups is 2. The smallest absolute Gasteiger partial charge is 0.289 e. The first-order chi connectivity index (χ1) is 13.1. The van der Waals surface area contributed by atoms with Crippen LogP contribution in [-0.2, 0) is 11.2 Å². The number of carbonyl (C=O) groups excluding carboxylic acids is 2. The lowest BCUT2D eigenvalue weighted by molar-refractivity contribution is -0.114. The lowest BCUT2D eigenvalue weighted by Gasteiger charge is -2.07. The summed E-state index contributed by atoms with van der Waals surface area (Å²) >= 11 is 0. The quantitative estimate of drug-likeness (QED) is 0.324. The predicted octanol–water partition coefficient (Wildman–Crippen LogP) is 4.02. The zero-order valence-corrected chi connectivity index (χ0v) is 15.2. The van der Waals surface area contributed by atoms with Crippen molar-refractivity contribution in [2.75, 3.05) is 6.61 Å². The van der Waals surface area contributed by atoms with Gasteiger partial charge in [0.05, 0.1) is 12.2 Å². The molecule has 5 heteroatoms. The number of Topliss-reactive ketones (excluding diaryl/α,β-unsaturated/α-hetero) is 1. The number of benzene rings is 2. The van der Waals surface area contributed by atoms with Gasteiger partial charge in [0, 0.05) is 17.1 Å². The van der Waals surface area contributed by atoms with Crippen LogP contribution in [0.3, 0.4) is 0 Å². The second-order valence-corrected chi connectivity index (χ2v) is 6.60. The van der Waals surface area contributed by atoms with Gasteiger partial charge in [-0.15, -0.1) is 0 Å². The number of fused-ring (bicyclic) bond motifs is 1. The summed E-state index contributed by atoms with van der Waals surface area (Å²) in [5.41, 5.74) is 7.53. The minimum Gasteiger partial charge on any atom is -0.494 e. The number of aromatic amines is 1. The number of ketones is 1. The van der Waals surface area contributed by atoms with Crippen molar-refractivity contribution in [3.63, 3.8) is 0 Å². The number of hydrogen-bond acceptors (Lipinski definition) is 3. The molecule has 0 radical (unpaired) electrons. The number of nitrogens with one attached hydrogen (secondary N) is 1. The Bertz CT molecular complexity index is 916. The molecule has 1 heterocycles. The second-order valence-electron chi connectivity index (χ2n) is 6.60. The molecule has 1 aromatic heterocycles. The van der Waals surface area contributed by atoms with Crippen molar-refractivity contribution in [3.05, 3.63) is 65.9 Å². The maximum Gasteiger partial charge on any atom is 0.289 e. The zero-order chi connectivity index (χ0) is 19.1. The van der Waals surface area contributed by atoms with Crippen molar-refractivity contribution in [1.29, 1.82) is 0 Å². The summed E-state index contributed by atoms with van der Waals surface area (Å²) in [5.74, 6) is -0.973. The van der Waals surface area contributed by atoms with Crippen LogP contribution >= 0.6 is 0 Å². The SMILES string of the molecule is NC(=O)C(=O)c1c[nH]c2ccc(OCCCCCCc3ccccc3)cc12. The van der Waals surface area contributed by atoms with Gasteiger partial charge >= 0.3 is 0 Å². The van der Waals surface area contributed by atoms with E-state index in [4.69, 9.17) is 10.5 Å². The Morgan fingerprint density at radius 3 is 2.52 bits per heavy atom. The van der Waals surface area contributed by atoms with Crippen LogP contribution < -0.4 is 10.5 Å². The number of ether oxygens (including phenoxy) is 1. The number of aryl methyl sites for hydroxylation is 1. The molecule has 0 saturated heterocycles. The maximum absolute atomic E-state index is 11.9. The van der Waals surface area contributed by atoms with Crippen molar-refractivity contribution in [3.8, 4) is 5.75 Å². The van der Waals surface area contributed by atoms with Crippen LogP contribution in [0.1, 0.15) is 41.6 Å². The van der Waals surface area contributed by atoms with Crippen molar-refractivity contribution in [2.24, 2.45) is 5.73 Å². The minimum atomic E-state index is -0.960. The van der Waals surface area contributed by atoms with Crippen LogP contribution in [0.2, 0.25) is 0 Å². The summed E-state index contributed by atoms with van der Waals surface area (Å²) < 4.78 is 5.80. The predicted molar refractivity (Wildman–Crippen MR) is 106 cm³/mol. The van der Waals surface area contributed by atoms with Gasteiger partial charge in [-0.2, -0.15) is 0 Å². The average molecular weight is 364 g/mol. The van der Waals surface area contributed by atoms with E-state index in [1.54, 1.807) is 6.07 Å². The summed E-state index contributed by atoms with van der Waals surface area (Å²) in [6.45, 7) is 0.625. The Morgan fingerprint density at radius 2 is 1.74 bits per heavy atom. The molecule has 5 nitrogen and oxygen atoms in total. The Balaban J connectivity index is 1.44. The third kappa shape index (κ3) is 4.97. The van der Waals surface area contributed by atoms with E-state index in [1.807, 2.05) is 18.2 Å². The largest absolute Gasteiger partial charge is 0.494 e. The minimum absolute atomic E-state index is 0.281. The highest BCUT2D eigenvalue weighted by atomic mass is 16.5. The lowest BCUT2D eigenvalue weighted by Crippen LogP contribution is -2.22. The molecular weight excluding hydrogens is 340 g/mol. The summed E-state index contributed by atoms with van der Waals surface area (Å²) in [4.78, 5) is 26.0. The molecule has 3 aromatic rings. The van der Waals surface area contributed by atoms with Gasteiger partial charge < -0.3 is 15.5 Å². The van der Waals surface area contributed by atoms with Crippen LogP contribution in [0.4, 0.5) is 0 Å². The van der Waals surface area contributed by atoms with Gasteiger partial charge in [-0.05, 0) is 43.0 Å². The van der Waals surface area contributed by atoms with E-state index in [0.717, 1.165) is 24.8 Å². The molecule has 0 fully saturated rings. The van der Waals surface area contributed by atoms with Gasteiger partial charge in [-0.3, -0.25) is 9.59 Å². The maximum atomic E-state index is 11.9. The summed E-state index contributed by atoms with van der Waals surface area (Å²) in [5, 5.41) is 0.652. The number of nitrogens with two attached hydrogens (primary N) is 1. The van der Waals surface area contributed by atoms with Crippen LogP contribution in [0, 0.1) is 0 Å². The van der Waals surface area contributed by atoms with Crippen LogP contribution in [0.25, 0.3) is 10.9 Å². The molecule has 1 amide bonds. The number of aromatic nitrogens is 1. The van der Waals surface area contributed by atoms with E-state index in [9.17, 15) is 9.59 Å². The molecule has 2 aromatic carbocycles. The van der Waals surface area contributed by atoms with Gasteiger partial charge in [0.1, 0.15) is 5.75 Å². The number of H-pyrrole nitrogens is 1. The second kappa shape index (κ2) is 9.03. The fourth-order valence-corrected chi connectivity index (χ4v) is 3.13. The van der Waals surface area contributed by atoms with Gasteiger partial charge in [0.2, 0.25) is 0 Å². The van der Waals surface area contributed by atoms with E-state index in [0.29, 0.717) is 17.7 Å². The molecule has 140 valence electrons. The first-order valence-corrected chi connectivity index (χ1v) is 9.27. The standard InChI is InChI=1S/C22H24N2O3/c23-22(26)21(25)19-15-24-20-12-11-17(14-18(19)20)27-13-7-2-1-4-8-16-9-5-3-6-10-16/h3,5-6,9-12,14-15,24H,1-2,4,7-8,13H2,(H2,23,26). The van der Waals surface area contributed by atoms with Crippen molar-refractivity contribution >= 4 is 22.6 Å². The molecule has 0 atom stereocenters. The van der Waals surface area contributed by atoms with Gasteiger partial charge in [-0.1, -0.05) is 43.2 Å². The molecule has 0 aliphatic carbocycles. The third-order valence-electron chi connectivity index (χ3n) is 4.59. The van der Waals surface area contributed by atoms with Gasteiger partial charge in [0.15, 0.2) is 0 Å². The number of unbranched alkanes of at least 4 members (excludes halogenated alkanes) is 3. The molecule has 0 unspecified atom stereocenters. The highest BCUT2D eigenvalue weighted by Gasteiger charge is 2.17. The number of hydrogen-bond donors (Lipinski definition) is 2. The van der Waals surface area contributed by atoms with Crippen molar-refractivity contribution in [2.45, 2.75) is 32.1 Å². The number of amides is 1. The topological polar surface area (TPSA) is 85.2 Å². The van der Waals surface area contributed by atoms with E-state index in [1.165, 1.54) is 24.6 Å². The summed E-state index contributed by atoms with van der Waals surface area (Å²) in [7, 11) is 0. The monoisotopic (exact) mass is 364 g/mol. The Hall–Kier alpha value is -3.08.